The summed E-state index contributed by atoms with van der Waals surface area (Å²) in [7, 11) is -3.65. The van der Waals surface area contributed by atoms with Crippen molar-refractivity contribution in [1.82, 2.24) is 19.5 Å². The third-order valence-electron chi connectivity index (χ3n) is 4.42. The molecule has 4 rings (SSSR count). The second kappa shape index (κ2) is 9.03. The van der Waals surface area contributed by atoms with Crippen LogP contribution in [0.4, 0.5) is 5.69 Å². The highest BCUT2D eigenvalue weighted by atomic mass is 32.2. The van der Waals surface area contributed by atoms with Gasteiger partial charge in [0.25, 0.3) is 10.0 Å². The number of sulfonamides is 1. The number of nitrogens with one attached hydrogen (secondary N) is 1. The van der Waals surface area contributed by atoms with E-state index in [9.17, 15) is 8.42 Å². The number of aryl methyl sites for hydroxylation is 2. The minimum Gasteiger partial charge on any atom is -0.439 e. The van der Waals surface area contributed by atoms with Crippen molar-refractivity contribution in [1.29, 1.82) is 0 Å². The lowest BCUT2D eigenvalue weighted by molar-refractivity contribution is 0.459. The molecule has 9 heteroatoms. The van der Waals surface area contributed by atoms with Gasteiger partial charge in [-0.2, -0.15) is 4.98 Å². The number of anilines is 1. The first kappa shape index (κ1) is 21.3. The van der Waals surface area contributed by atoms with E-state index >= 15 is 0 Å². The first-order valence-corrected chi connectivity index (χ1v) is 11.3. The van der Waals surface area contributed by atoms with Crippen molar-refractivity contribution >= 4 is 21.8 Å². The van der Waals surface area contributed by atoms with Gasteiger partial charge >= 0.3 is 0 Å². The molecule has 162 valence electrons. The van der Waals surface area contributed by atoms with Crippen LogP contribution < -0.4 is 9.46 Å². The lowest BCUT2D eigenvalue weighted by atomic mass is 10.2. The molecule has 0 fully saturated rings. The van der Waals surface area contributed by atoms with Crippen molar-refractivity contribution < 1.29 is 13.2 Å². The van der Waals surface area contributed by atoms with Crippen molar-refractivity contribution in [2.45, 2.75) is 13.8 Å². The average Bonchev–Trinajstić information content (AvgIpc) is 3.29. The fraction of sp³-hybridized carbons (Fsp3) is 0.0870. The largest absolute Gasteiger partial charge is 0.439 e. The Balaban J connectivity index is 1.44. The molecule has 0 radical (unpaired) electrons. The van der Waals surface area contributed by atoms with E-state index in [1.807, 2.05) is 31.2 Å². The molecule has 0 aliphatic heterocycles. The van der Waals surface area contributed by atoms with E-state index in [0.717, 1.165) is 16.5 Å². The van der Waals surface area contributed by atoms with Crippen LogP contribution >= 0.6 is 0 Å². The molecule has 0 amide bonds. The number of benzene rings is 2. The van der Waals surface area contributed by atoms with Crippen molar-refractivity contribution in [2.75, 3.05) is 4.72 Å². The summed E-state index contributed by atoms with van der Waals surface area (Å²) in [5, 5.41) is 1.14. The van der Waals surface area contributed by atoms with E-state index in [1.165, 1.54) is 0 Å². The van der Waals surface area contributed by atoms with Crippen molar-refractivity contribution in [2.24, 2.45) is 0 Å². The molecular weight excluding hydrogens is 426 g/mol. The summed E-state index contributed by atoms with van der Waals surface area (Å²) in [6.45, 7) is 3.75. The maximum Gasteiger partial charge on any atom is 0.255 e. The van der Waals surface area contributed by atoms with Crippen LogP contribution in [0.25, 0.3) is 11.9 Å². The predicted molar refractivity (Wildman–Crippen MR) is 123 cm³/mol. The summed E-state index contributed by atoms with van der Waals surface area (Å²) in [6, 6.07) is 15.8. The Morgan fingerprint density at radius 3 is 2.44 bits per heavy atom. The summed E-state index contributed by atoms with van der Waals surface area (Å²) in [5.74, 6) is 2.07. The molecule has 1 N–H and O–H groups in total. The molecule has 0 spiro atoms. The molecule has 0 aliphatic rings. The number of nitrogens with zero attached hydrogens (tertiary/aromatic N) is 4. The zero-order valence-electron chi connectivity index (χ0n) is 17.5. The Bertz CT molecular complexity index is 1330. The normalized spacial score (nSPS) is 11.6. The van der Waals surface area contributed by atoms with Gasteiger partial charge in [-0.3, -0.25) is 9.29 Å². The number of hydrogen-bond donors (Lipinski definition) is 1. The SMILES string of the molecule is Cc1ccc(/C=C/S(=O)(=O)Nc2ccc(Oc3cc(-n4ccnc4)nc(C)n3)cc2)cc1. The van der Waals surface area contributed by atoms with Crippen LogP contribution in [0.3, 0.4) is 0 Å². The second-order valence-electron chi connectivity index (χ2n) is 7.07. The van der Waals surface area contributed by atoms with Gasteiger partial charge in [0.15, 0.2) is 0 Å². The van der Waals surface area contributed by atoms with Crippen LogP contribution in [0.15, 0.2) is 78.7 Å². The first-order valence-electron chi connectivity index (χ1n) is 9.76. The fourth-order valence-corrected chi connectivity index (χ4v) is 3.73. The maximum atomic E-state index is 12.4. The second-order valence-corrected chi connectivity index (χ2v) is 8.63. The van der Waals surface area contributed by atoms with E-state index in [1.54, 1.807) is 66.6 Å². The summed E-state index contributed by atoms with van der Waals surface area (Å²) in [4.78, 5) is 12.7. The predicted octanol–water partition coefficient (Wildman–Crippen LogP) is 4.48. The number of hydrogen-bond acceptors (Lipinski definition) is 6. The zero-order chi connectivity index (χ0) is 22.6. The van der Waals surface area contributed by atoms with E-state index in [4.69, 9.17) is 4.74 Å². The number of ether oxygens (including phenoxy) is 1. The highest BCUT2D eigenvalue weighted by molar-refractivity contribution is 7.95. The van der Waals surface area contributed by atoms with Crippen LogP contribution in [0.2, 0.25) is 0 Å². The van der Waals surface area contributed by atoms with Gasteiger partial charge in [0.1, 0.15) is 23.7 Å². The molecule has 0 saturated heterocycles. The lowest BCUT2D eigenvalue weighted by Crippen LogP contribution is -2.08. The van der Waals surface area contributed by atoms with E-state index in [0.29, 0.717) is 29.0 Å². The fourth-order valence-electron chi connectivity index (χ4n) is 2.86. The Morgan fingerprint density at radius 1 is 1.00 bits per heavy atom. The molecule has 0 saturated carbocycles. The standard InChI is InChI=1S/C23H21N5O3S/c1-17-3-5-19(6-4-17)11-14-32(29,30)27-20-7-9-21(10-8-20)31-23-15-22(25-18(2)26-23)28-13-12-24-16-28/h3-16,27H,1-2H3/b14-11+. The minimum atomic E-state index is -3.65. The van der Waals surface area contributed by atoms with Crippen molar-refractivity contribution in [3.63, 3.8) is 0 Å². The van der Waals surface area contributed by atoms with Gasteiger partial charge in [-0.15, -0.1) is 0 Å². The summed E-state index contributed by atoms with van der Waals surface area (Å²) in [5.41, 5.74) is 2.34. The van der Waals surface area contributed by atoms with Crippen LogP contribution in [0, 0.1) is 13.8 Å². The molecule has 0 aliphatic carbocycles. The highest BCUT2D eigenvalue weighted by Gasteiger charge is 2.08. The molecule has 32 heavy (non-hydrogen) atoms. The van der Waals surface area contributed by atoms with Crippen molar-refractivity contribution in [3.8, 4) is 17.4 Å². The van der Waals surface area contributed by atoms with Gasteiger partial charge in [-0.05, 0) is 49.8 Å². The van der Waals surface area contributed by atoms with Gasteiger partial charge in [-0.25, -0.2) is 18.4 Å². The molecular formula is C23H21N5O3S. The molecule has 2 aromatic carbocycles. The highest BCUT2D eigenvalue weighted by Crippen LogP contribution is 2.23. The molecule has 0 atom stereocenters. The first-order chi connectivity index (χ1) is 15.4. The van der Waals surface area contributed by atoms with Crippen LogP contribution in [0.5, 0.6) is 11.6 Å². The number of imidazole rings is 1. The van der Waals surface area contributed by atoms with E-state index < -0.39 is 10.0 Å². The summed E-state index contributed by atoms with van der Waals surface area (Å²) >= 11 is 0. The summed E-state index contributed by atoms with van der Waals surface area (Å²) in [6.07, 6.45) is 6.63. The monoisotopic (exact) mass is 447 g/mol. The van der Waals surface area contributed by atoms with Gasteiger partial charge in [0.2, 0.25) is 5.88 Å². The van der Waals surface area contributed by atoms with Gasteiger partial charge < -0.3 is 4.74 Å². The van der Waals surface area contributed by atoms with Gasteiger partial charge in [0, 0.05) is 24.1 Å². The summed E-state index contributed by atoms with van der Waals surface area (Å²) < 4.78 is 34.8. The number of aromatic nitrogens is 4. The zero-order valence-corrected chi connectivity index (χ0v) is 18.3. The Hall–Kier alpha value is -3.98. The van der Waals surface area contributed by atoms with E-state index in [-0.39, 0.29) is 0 Å². The molecule has 2 heterocycles. The maximum absolute atomic E-state index is 12.4. The molecule has 0 unspecified atom stereocenters. The van der Waals surface area contributed by atoms with Crippen LogP contribution in [-0.2, 0) is 10.0 Å². The smallest absolute Gasteiger partial charge is 0.255 e. The molecule has 4 aromatic rings. The quantitative estimate of drug-likeness (QED) is 0.448. The number of rotatable bonds is 7. The Labute approximate surface area is 186 Å². The van der Waals surface area contributed by atoms with Crippen LogP contribution in [-0.4, -0.2) is 27.9 Å². The average molecular weight is 448 g/mol. The molecule has 0 bridgehead atoms. The molecule has 2 aromatic heterocycles. The van der Waals surface area contributed by atoms with E-state index in [2.05, 4.69) is 19.7 Å². The Morgan fingerprint density at radius 2 is 1.75 bits per heavy atom. The van der Waals surface area contributed by atoms with Gasteiger partial charge in [0.05, 0.1) is 5.41 Å². The topological polar surface area (TPSA) is 99.0 Å². The van der Waals surface area contributed by atoms with Crippen molar-refractivity contribution in [3.05, 3.63) is 95.7 Å². The molecule has 8 nitrogen and oxygen atoms in total. The van der Waals surface area contributed by atoms with Gasteiger partial charge in [-0.1, -0.05) is 29.8 Å². The Kier molecular flexibility index (Phi) is 6.00. The third-order valence-corrected chi connectivity index (χ3v) is 5.44. The minimum absolute atomic E-state index is 0.371. The van der Waals surface area contributed by atoms with Crippen LogP contribution in [0.1, 0.15) is 17.0 Å². The lowest BCUT2D eigenvalue weighted by Gasteiger charge is -2.09. The third kappa shape index (κ3) is 5.58.